The molecule has 1 aromatic heterocycles. The molecule has 1 atom stereocenters. The number of hydrogen-bond donors (Lipinski definition) is 1. The van der Waals surface area contributed by atoms with E-state index < -0.39 is 0 Å². The van der Waals surface area contributed by atoms with Gasteiger partial charge in [0, 0.05) is 43.4 Å². The number of piperazine rings is 1. The van der Waals surface area contributed by atoms with Crippen LogP contribution in [0.5, 0.6) is 0 Å². The molecular formula is C20H27N3O2. The van der Waals surface area contributed by atoms with Gasteiger partial charge in [-0.2, -0.15) is 0 Å². The van der Waals surface area contributed by atoms with Crippen LogP contribution >= 0.6 is 0 Å². The Hall–Kier alpha value is -1.98. The maximum Gasteiger partial charge on any atom is 0.254 e. The summed E-state index contributed by atoms with van der Waals surface area (Å²) < 4.78 is 0. The fourth-order valence-corrected chi connectivity index (χ4v) is 3.56. The van der Waals surface area contributed by atoms with Gasteiger partial charge in [0.05, 0.1) is 11.1 Å². The molecular weight excluding hydrogens is 314 g/mol. The molecule has 0 aliphatic carbocycles. The minimum Gasteiger partial charge on any atom is -0.396 e. The van der Waals surface area contributed by atoms with Crippen molar-refractivity contribution in [3.05, 3.63) is 41.1 Å². The van der Waals surface area contributed by atoms with E-state index in [-0.39, 0.29) is 18.6 Å². The number of nitrogens with zero attached hydrogens (tertiary/aromatic N) is 3. The van der Waals surface area contributed by atoms with E-state index in [0.29, 0.717) is 19.5 Å². The number of aliphatic hydroxyl groups is 1. The summed E-state index contributed by atoms with van der Waals surface area (Å²) in [6.07, 6.45) is 1.63. The monoisotopic (exact) mass is 341 g/mol. The van der Waals surface area contributed by atoms with E-state index in [1.54, 1.807) is 0 Å². The first-order valence-electron chi connectivity index (χ1n) is 9.04. The maximum absolute atomic E-state index is 13.2. The van der Waals surface area contributed by atoms with Gasteiger partial charge in [0.15, 0.2) is 0 Å². The number of hydrogen-bond acceptors (Lipinski definition) is 4. The van der Waals surface area contributed by atoms with Gasteiger partial charge >= 0.3 is 0 Å². The third-order valence-corrected chi connectivity index (χ3v) is 5.17. The number of amides is 1. The lowest BCUT2D eigenvalue weighted by atomic mass is 10.0. The van der Waals surface area contributed by atoms with Crippen LogP contribution in [-0.4, -0.2) is 65.1 Å². The van der Waals surface area contributed by atoms with Crippen LogP contribution in [-0.2, 0) is 6.42 Å². The molecule has 0 radical (unpaired) electrons. The number of fused-ring (bicyclic) bond motifs is 1. The molecule has 134 valence electrons. The maximum atomic E-state index is 13.2. The molecule has 0 bridgehead atoms. The van der Waals surface area contributed by atoms with Crippen molar-refractivity contribution >= 4 is 16.8 Å². The lowest BCUT2D eigenvalue weighted by Crippen LogP contribution is -2.53. The molecule has 1 fully saturated rings. The van der Waals surface area contributed by atoms with Gasteiger partial charge in [-0.05, 0) is 50.6 Å². The zero-order valence-corrected chi connectivity index (χ0v) is 15.3. The summed E-state index contributed by atoms with van der Waals surface area (Å²) in [5, 5.41) is 10.2. The third kappa shape index (κ3) is 3.67. The van der Waals surface area contributed by atoms with Crippen molar-refractivity contribution in [2.45, 2.75) is 32.7 Å². The number of carbonyl (C=O) groups excluding carboxylic acids is 1. The van der Waals surface area contributed by atoms with Crippen molar-refractivity contribution in [2.75, 3.05) is 33.3 Å². The SMILES string of the molecule is CCc1ccc2nc(C)cc(C(=O)N3CCN(C)C(CCO)C3)c2c1. The summed E-state index contributed by atoms with van der Waals surface area (Å²) in [6, 6.07) is 8.30. The molecule has 2 aromatic rings. The number of aromatic nitrogens is 1. The van der Waals surface area contributed by atoms with E-state index in [4.69, 9.17) is 0 Å². The Bertz CT molecular complexity index is 775. The van der Waals surface area contributed by atoms with Gasteiger partial charge in [0.2, 0.25) is 0 Å². The van der Waals surface area contributed by atoms with Crippen LogP contribution in [0.3, 0.4) is 0 Å². The van der Waals surface area contributed by atoms with Crippen LogP contribution < -0.4 is 0 Å². The van der Waals surface area contributed by atoms with Gasteiger partial charge < -0.3 is 10.0 Å². The number of benzene rings is 1. The lowest BCUT2D eigenvalue weighted by molar-refractivity contribution is 0.0502. The van der Waals surface area contributed by atoms with Crippen LogP contribution in [0, 0.1) is 6.92 Å². The molecule has 1 saturated heterocycles. The summed E-state index contributed by atoms with van der Waals surface area (Å²) in [4.78, 5) is 22.0. The number of likely N-dealkylation sites (N-methyl/N-ethyl adjacent to an activating group) is 1. The number of pyridine rings is 1. The Balaban J connectivity index is 1.96. The molecule has 1 aliphatic rings. The topological polar surface area (TPSA) is 56.7 Å². The second-order valence-corrected chi connectivity index (χ2v) is 6.91. The van der Waals surface area contributed by atoms with Gasteiger partial charge in [0.25, 0.3) is 5.91 Å². The summed E-state index contributed by atoms with van der Waals surface area (Å²) in [7, 11) is 2.06. The quantitative estimate of drug-likeness (QED) is 0.927. The van der Waals surface area contributed by atoms with Crippen molar-refractivity contribution in [1.82, 2.24) is 14.8 Å². The highest BCUT2D eigenvalue weighted by Crippen LogP contribution is 2.23. The fraction of sp³-hybridized carbons (Fsp3) is 0.500. The smallest absolute Gasteiger partial charge is 0.254 e. The molecule has 1 unspecified atom stereocenters. The lowest BCUT2D eigenvalue weighted by Gasteiger charge is -2.39. The van der Waals surface area contributed by atoms with E-state index in [0.717, 1.165) is 35.1 Å². The van der Waals surface area contributed by atoms with Gasteiger partial charge in [-0.1, -0.05) is 13.0 Å². The number of carbonyl (C=O) groups is 1. The molecule has 1 N–H and O–H groups in total. The zero-order valence-electron chi connectivity index (χ0n) is 15.3. The minimum atomic E-state index is 0.0693. The fourth-order valence-electron chi connectivity index (χ4n) is 3.56. The highest BCUT2D eigenvalue weighted by atomic mass is 16.3. The molecule has 5 heteroatoms. The molecule has 1 aromatic carbocycles. The zero-order chi connectivity index (χ0) is 18.0. The largest absolute Gasteiger partial charge is 0.396 e. The number of rotatable bonds is 4. The van der Waals surface area contributed by atoms with Gasteiger partial charge in [0.1, 0.15) is 0 Å². The predicted molar refractivity (Wildman–Crippen MR) is 99.9 cm³/mol. The molecule has 3 rings (SSSR count). The van der Waals surface area contributed by atoms with Gasteiger partial charge in [-0.3, -0.25) is 14.7 Å². The van der Waals surface area contributed by atoms with Crippen molar-refractivity contribution in [2.24, 2.45) is 0 Å². The van der Waals surface area contributed by atoms with E-state index in [9.17, 15) is 9.90 Å². The summed E-state index contributed by atoms with van der Waals surface area (Å²) in [6.45, 7) is 6.40. The van der Waals surface area contributed by atoms with Gasteiger partial charge in [-0.15, -0.1) is 0 Å². The highest BCUT2D eigenvalue weighted by Gasteiger charge is 2.28. The Morgan fingerprint density at radius 1 is 1.32 bits per heavy atom. The first-order chi connectivity index (χ1) is 12.0. The summed E-state index contributed by atoms with van der Waals surface area (Å²) in [5.74, 6) is 0.0693. The molecule has 0 spiro atoms. The Labute approximate surface area is 149 Å². The summed E-state index contributed by atoms with van der Waals surface area (Å²) in [5.41, 5.74) is 3.69. The van der Waals surface area contributed by atoms with Crippen molar-refractivity contribution in [1.29, 1.82) is 0 Å². The minimum absolute atomic E-state index is 0.0693. The highest BCUT2D eigenvalue weighted by molar-refractivity contribution is 6.06. The molecule has 1 aliphatic heterocycles. The first-order valence-corrected chi connectivity index (χ1v) is 9.04. The predicted octanol–water partition coefficient (Wildman–Crippen LogP) is 2.24. The van der Waals surface area contributed by atoms with E-state index in [1.165, 1.54) is 5.56 Å². The first kappa shape index (κ1) is 17.8. The standard InChI is InChI=1S/C20H27N3O2/c1-4-15-5-6-19-17(12-15)18(11-14(2)21-19)20(25)23-9-8-22(3)16(13-23)7-10-24/h5-6,11-12,16,24H,4,7-10,13H2,1-3H3. The van der Waals surface area contributed by atoms with E-state index >= 15 is 0 Å². The second-order valence-electron chi connectivity index (χ2n) is 6.91. The third-order valence-electron chi connectivity index (χ3n) is 5.17. The Kier molecular flexibility index (Phi) is 5.35. The molecule has 2 heterocycles. The van der Waals surface area contributed by atoms with Crippen LogP contribution in [0.4, 0.5) is 0 Å². The molecule has 5 nitrogen and oxygen atoms in total. The average Bonchev–Trinajstić information content (AvgIpc) is 2.62. The van der Waals surface area contributed by atoms with Crippen LogP contribution in [0.15, 0.2) is 24.3 Å². The molecule has 1 amide bonds. The van der Waals surface area contributed by atoms with Gasteiger partial charge in [-0.25, -0.2) is 0 Å². The molecule has 25 heavy (non-hydrogen) atoms. The van der Waals surface area contributed by atoms with Crippen LogP contribution in [0.1, 0.15) is 35.0 Å². The van der Waals surface area contributed by atoms with Crippen molar-refractivity contribution in [3.8, 4) is 0 Å². The Morgan fingerprint density at radius 3 is 2.84 bits per heavy atom. The summed E-state index contributed by atoms with van der Waals surface area (Å²) >= 11 is 0. The van der Waals surface area contributed by atoms with Crippen LogP contribution in [0.25, 0.3) is 10.9 Å². The normalized spacial score (nSPS) is 18.7. The van der Waals surface area contributed by atoms with Crippen molar-refractivity contribution < 1.29 is 9.90 Å². The number of aliphatic hydroxyl groups excluding tert-OH is 1. The number of aryl methyl sites for hydroxylation is 2. The molecule has 0 saturated carbocycles. The van der Waals surface area contributed by atoms with Crippen molar-refractivity contribution in [3.63, 3.8) is 0 Å². The average molecular weight is 341 g/mol. The second kappa shape index (κ2) is 7.50. The van der Waals surface area contributed by atoms with E-state index in [2.05, 4.69) is 36.0 Å². The van der Waals surface area contributed by atoms with E-state index in [1.807, 2.05) is 24.0 Å². The Morgan fingerprint density at radius 2 is 2.12 bits per heavy atom. The van der Waals surface area contributed by atoms with Crippen LogP contribution in [0.2, 0.25) is 0 Å².